The predicted molar refractivity (Wildman–Crippen MR) is 57.8 cm³/mol. The third-order valence-corrected chi connectivity index (χ3v) is 2.83. The lowest BCUT2D eigenvalue weighted by Crippen LogP contribution is -2.19. The maximum absolute atomic E-state index is 12.1. The van der Waals surface area contributed by atoms with E-state index in [9.17, 15) is 13.2 Å². The van der Waals surface area contributed by atoms with Gasteiger partial charge in [0.25, 0.3) is 0 Å². The summed E-state index contributed by atoms with van der Waals surface area (Å²) in [6.07, 6.45) is -3.63. The van der Waals surface area contributed by atoms with Gasteiger partial charge in [0.15, 0.2) is 0 Å². The molecular weight excluding hydrogens is 287 g/mol. The van der Waals surface area contributed by atoms with E-state index in [0.717, 1.165) is 0 Å². The van der Waals surface area contributed by atoms with Crippen LogP contribution in [0.2, 0.25) is 0 Å². The zero-order valence-electron chi connectivity index (χ0n) is 8.76. The summed E-state index contributed by atoms with van der Waals surface area (Å²) in [5.41, 5.74) is 6.35. The number of halogens is 4. The first-order valence-electron chi connectivity index (χ1n) is 4.88. The van der Waals surface area contributed by atoms with Crippen LogP contribution >= 0.6 is 15.9 Å². The molecule has 0 aliphatic rings. The van der Waals surface area contributed by atoms with Crippen molar-refractivity contribution in [1.82, 2.24) is 9.78 Å². The van der Waals surface area contributed by atoms with E-state index in [1.807, 2.05) is 6.92 Å². The number of hydrogen-bond donors (Lipinski definition) is 1. The van der Waals surface area contributed by atoms with Crippen molar-refractivity contribution in [2.45, 2.75) is 38.5 Å². The van der Waals surface area contributed by atoms with Crippen molar-refractivity contribution >= 4 is 15.9 Å². The van der Waals surface area contributed by atoms with Crippen molar-refractivity contribution < 1.29 is 13.2 Å². The van der Waals surface area contributed by atoms with E-state index in [4.69, 9.17) is 5.73 Å². The highest BCUT2D eigenvalue weighted by Crippen LogP contribution is 2.29. The average molecular weight is 300 g/mol. The Balaban J connectivity index is 2.72. The summed E-state index contributed by atoms with van der Waals surface area (Å²) in [5.74, 6) is 0. The first kappa shape index (κ1) is 13.5. The topological polar surface area (TPSA) is 43.8 Å². The summed E-state index contributed by atoms with van der Waals surface area (Å²) in [7, 11) is 0. The molecule has 0 aliphatic carbocycles. The SMILES string of the molecule is CCn1ncc(Br)c1C(N)CCC(F)(F)F. The van der Waals surface area contributed by atoms with Gasteiger partial charge in [0.2, 0.25) is 0 Å². The number of nitrogens with zero attached hydrogens (tertiary/aromatic N) is 2. The molecule has 0 bridgehead atoms. The number of aromatic nitrogens is 2. The molecule has 0 aliphatic heterocycles. The number of hydrogen-bond acceptors (Lipinski definition) is 2. The van der Waals surface area contributed by atoms with Gasteiger partial charge in [-0.25, -0.2) is 0 Å². The standard InChI is InChI=1S/C9H13BrF3N3/c1-2-16-8(6(10)5-15-16)7(14)3-4-9(11,12)13/h5,7H,2-4,14H2,1H3. The fourth-order valence-electron chi connectivity index (χ4n) is 1.45. The molecule has 2 N–H and O–H groups in total. The second kappa shape index (κ2) is 5.18. The molecule has 0 spiro atoms. The Bertz CT molecular complexity index is 348. The molecule has 0 saturated heterocycles. The molecule has 0 fully saturated rings. The second-order valence-electron chi connectivity index (χ2n) is 3.45. The molecular formula is C9H13BrF3N3. The van der Waals surface area contributed by atoms with Crippen molar-refractivity contribution in [3.8, 4) is 0 Å². The zero-order valence-corrected chi connectivity index (χ0v) is 10.3. The fourth-order valence-corrected chi connectivity index (χ4v) is 2.04. The highest BCUT2D eigenvalue weighted by atomic mass is 79.9. The van der Waals surface area contributed by atoms with E-state index < -0.39 is 18.6 Å². The average Bonchev–Trinajstić information content (AvgIpc) is 2.55. The summed E-state index contributed by atoms with van der Waals surface area (Å²) in [6, 6.07) is -0.654. The van der Waals surface area contributed by atoms with Crippen LogP contribution in [-0.2, 0) is 6.54 Å². The van der Waals surface area contributed by atoms with Gasteiger partial charge >= 0.3 is 6.18 Å². The summed E-state index contributed by atoms with van der Waals surface area (Å²) in [4.78, 5) is 0. The molecule has 0 radical (unpaired) electrons. The number of rotatable bonds is 4. The first-order valence-corrected chi connectivity index (χ1v) is 5.68. The molecule has 1 aromatic rings. The van der Waals surface area contributed by atoms with Gasteiger partial charge in [0.1, 0.15) is 0 Å². The van der Waals surface area contributed by atoms with Gasteiger partial charge in [-0.1, -0.05) is 0 Å². The summed E-state index contributed by atoms with van der Waals surface area (Å²) in [5, 5.41) is 4.01. The maximum Gasteiger partial charge on any atom is 0.389 e. The van der Waals surface area contributed by atoms with Gasteiger partial charge in [0.05, 0.1) is 16.4 Å². The molecule has 7 heteroatoms. The fraction of sp³-hybridized carbons (Fsp3) is 0.667. The Morgan fingerprint density at radius 3 is 2.69 bits per heavy atom. The minimum atomic E-state index is -4.17. The van der Waals surface area contributed by atoms with Crippen LogP contribution in [0.15, 0.2) is 10.7 Å². The first-order chi connectivity index (χ1) is 7.35. The molecule has 0 amide bonds. The minimum absolute atomic E-state index is 0.131. The minimum Gasteiger partial charge on any atom is -0.323 e. The molecule has 16 heavy (non-hydrogen) atoms. The number of nitrogens with two attached hydrogens (primary N) is 1. The quantitative estimate of drug-likeness (QED) is 0.929. The molecule has 0 saturated carbocycles. The van der Waals surface area contributed by atoms with E-state index >= 15 is 0 Å². The van der Waals surface area contributed by atoms with Gasteiger partial charge in [0, 0.05) is 19.0 Å². The van der Waals surface area contributed by atoms with Gasteiger partial charge in [-0.15, -0.1) is 0 Å². The normalized spacial score (nSPS) is 14.1. The van der Waals surface area contributed by atoms with Gasteiger partial charge in [-0.05, 0) is 29.3 Å². The highest BCUT2D eigenvalue weighted by Gasteiger charge is 2.29. The summed E-state index contributed by atoms with van der Waals surface area (Å²) < 4.78 is 38.4. The van der Waals surface area contributed by atoms with Crippen LogP contribution in [0.5, 0.6) is 0 Å². The van der Waals surface area contributed by atoms with Crippen LogP contribution in [0.25, 0.3) is 0 Å². The summed E-state index contributed by atoms with van der Waals surface area (Å²) >= 11 is 3.23. The lowest BCUT2D eigenvalue weighted by molar-refractivity contribution is -0.136. The largest absolute Gasteiger partial charge is 0.389 e. The smallest absolute Gasteiger partial charge is 0.323 e. The zero-order chi connectivity index (χ0) is 12.3. The second-order valence-corrected chi connectivity index (χ2v) is 4.31. The Morgan fingerprint density at radius 2 is 2.19 bits per heavy atom. The molecule has 3 nitrogen and oxygen atoms in total. The molecule has 0 aromatic carbocycles. The van der Waals surface area contributed by atoms with Crippen LogP contribution in [0, 0.1) is 0 Å². The Labute approximate surface area is 99.9 Å². The third-order valence-electron chi connectivity index (χ3n) is 2.22. The third kappa shape index (κ3) is 3.48. The van der Waals surface area contributed by atoms with Crippen LogP contribution in [-0.4, -0.2) is 16.0 Å². The van der Waals surface area contributed by atoms with E-state index in [-0.39, 0.29) is 6.42 Å². The Kier molecular flexibility index (Phi) is 4.37. The van der Waals surface area contributed by atoms with E-state index in [1.165, 1.54) is 0 Å². The number of aryl methyl sites for hydroxylation is 1. The molecule has 1 rings (SSSR count). The van der Waals surface area contributed by atoms with E-state index in [1.54, 1.807) is 10.9 Å². The highest BCUT2D eigenvalue weighted by molar-refractivity contribution is 9.10. The predicted octanol–water partition coefficient (Wildman–Crippen LogP) is 3.01. The van der Waals surface area contributed by atoms with Crippen molar-refractivity contribution in [3.05, 3.63) is 16.4 Å². The molecule has 92 valence electrons. The van der Waals surface area contributed by atoms with E-state index in [2.05, 4.69) is 21.0 Å². The Hall–Kier alpha value is -0.560. The van der Waals surface area contributed by atoms with Crippen molar-refractivity contribution in [3.63, 3.8) is 0 Å². The van der Waals surface area contributed by atoms with Crippen molar-refractivity contribution in [2.24, 2.45) is 5.73 Å². The lowest BCUT2D eigenvalue weighted by atomic mass is 10.1. The summed E-state index contributed by atoms with van der Waals surface area (Å²) in [6.45, 7) is 2.44. The molecule has 1 atom stereocenters. The van der Waals surface area contributed by atoms with Crippen molar-refractivity contribution in [2.75, 3.05) is 0 Å². The lowest BCUT2D eigenvalue weighted by Gasteiger charge is -2.15. The molecule has 1 heterocycles. The molecule has 1 unspecified atom stereocenters. The van der Waals surface area contributed by atoms with Gasteiger partial charge < -0.3 is 5.73 Å². The van der Waals surface area contributed by atoms with Gasteiger partial charge in [-0.3, -0.25) is 4.68 Å². The maximum atomic E-state index is 12.1. The van der Waals surface area contributed by atoms with Gasteiger partial charge in [-0.2, -0.15) is 18.3 Å². The van der Waals surface area contributed by atoms with E-state index in [0.29, 0.717) is 16.7 Å². The van der Waals surface area contributed by atoms with Crippen LogP contribution in [0.4, 0.5) is 13.2 Å². The monoisotopic (exact) mass is 299 g/mol. The number of alkyl halides is 3. The van der Waals surface area contributed by atoms with Crippen LogP contribution in [0.1, 0.15) is 31.5 Å². The molecule has 1 aromatic heterocycles. The van der Waals surface area contributed by atoms with Crippen LogP contribution in [0.3, 0.4) is 0 Å². The Morgan fingerprint density at radius 1 is 1.56 bits per heavy atom. The van der Waals surface area contributed by atoms with Crippen LogP contribution < -0.4 is 5.73 Å². The van der Waals surface area contributed by atoms with Crippen molar-refractivity contribution in [1.29, 1.82) is 0 Å².